The van der Waals surface area contributed by atoms with Gasteiger partial charge in [0, 0.05) is 71.7 Å². The first kappa shape index (κ1) is 60.9. The average Bonchev–Trinajstić information content (AvgIpc) is 3.38. The third-order valence-corrected chi connectivity index (χ3v) is 12.7. The molecule has 5 atom stereocenters. The number of carboxylic acids is 1. The summed E-state index contributed by atoms with van der Waals surface area (Å²) in [6, 6.07) is 19.3. The molecule has 3 heterocycles. The quantitative estimate of drug-likeness (QED) is 0.0119. The molecular weight excluding hydrogens is 1060 g/mol. The van der Waals surface area contributed by atoms with Gasteiger partial charge < -0.3 is 72.1 Å². The fraction of sp³-hybridized carbons (Fsp3) is 0.400. The van der Waals surface area contributed by atoms with Crippen LogP contribution < -0.4 is 30.4 Å². The lowest BCUT2D eigenvalue weighted by Gasteiger charge is -2.38. The Morgan fingerprint density at radius 1 is 0.870 bits per heavy atom. The summed E-state index contributed by atoms with van der Waals surface area (Å²) in [5.74, 6) is 0.636. The number of aromatic nitrogens is 3. The smallest absolute Gasteiger partial charge is 0.335 e. The Morgan fingerprint density at radius 2 is 1.57 bits per heavy atom. The van der Waals surface area contributed by atoms with E-state index in [1.165, 1.54) is 13.0 Å². The predicted molar refractivity (Wildman–Crippen MR) is 286 cm³/mol. The van der Waals surface area contributed by atoms with Gasteiger partial charge in [-0.1, -0.05) is 21.9 Å². The van der Waals surface area contributed by atoms with E-state index in [1.807, 2.05) is 52.2 Å². The van der Waals surface area contributed by atoms with Gasteiger partial charge >= 0.3 is 5.97 Å². The van der Waals surface area contributed by atoms with Crippen LogP contribution in [0, 0.1) is 26.7 Å². The van der Waals surface area contributed by atoms with Gasteiger partial charge in [-0.25, -0.2) is 14.3 Å². The Bertz CT molecular complexity index is 2930. The number of ether oxygens (including phenoxy) is 5. The zero-order valence-corrected chi connectivity index (χ0v) is 44.7. The molecule has 1 fully saturated rings. The van der Waals surface area contributed by atoms with Gasteiger partial charge in [0.15, 0.2) is 30.8 Å². The zero-order valence-electron chi connectivity index (χ0n) is 43.1. The summed E-state index contributed by atoms with van der Waals surface area (Å²) in [6.07, 6.45) is 0.866. The minimum Gasteiger partial charge on any atom is -0.479 e. The molecule has 0 saturated carbocycles. The molecule has 77 heavy (non-hydrogen) atoms. The number of nitrogens with zero attached hydrogens (tertiary/aromatic N) is 3. The van der Waals surface area contributed by atoms with Gasteiger partial charge in [-0.05, 0) is 86.5 Å². The molecule has 0 spiro atoms. The van der Waals surface area contributed by atoms with Crippen LogP contribution in [0.2, 0.25) is 0 Å². The number of amides is 2. The number of ketones is 2. The Morgan fingerprint density at radius 3 is 2.26 bits per heavy atom. The second-order valence-electron chi connectivity index (χ2n) is 17.9. The van der Waals surface area contributed by atoms with Crippen molar-refractivity contribution in [2.45, 2.75) is 89.7 Å². The second-order valence-corrected chi connectivity index (χ2v) is 18.8. The lowest BCUT2D eigenvalue weighted by atomic mass is 9.99. The predicted octanol–water partition coefficient (Wildman–Crippen LogP) is 3.37. The molecule has 5 aromatic rings. The molecule has 0 unspecified atom stereocenters. The summed E-state index contributed by atoms with van der Waals surface area (Å²) in [7, 11) is 0. The summed E-state index contributed by atoms with van der Waals surface area (Å²) in [5, 5.41) is 46.7. The average molecular weight is 1130 g/mol. The van der Waals surface area contributed by atoms with Crippen molar-refractivity contribution in [3.63, 3.8) is 0 Å². The fourth-order valence-corrected chi connectivity index (χ4v) is 8.44. The number of nitrogens with one attached hydrogen (secondary N) is 3. The molecule has 2 amide bonds. The van der Waals surface area contributed by atoms with E-state index in [1.54, 1.807) is 37.3 Å². The van der Waals surface area contributed by atoms with Crippen LogP contribution in [0.4, 0.5) is 11.4 Å². The molecule has 21 nitrogen and oxygen atoms in total. The largest absolute Gasteiger partial charge is 0.479 e. The maximum atomic E-state index is 13.5. The summed E-state index contributed by atoms with van der Waals surface area (Å²) in [4.78, 5) is 83.8. The van der Waals surface area contributed by atoms with Gasteiger partial charge in [0.1, 0.15) is 35.7 Å². The molecule has 412 valence electrons. The highest BCUT2D eigenvalue weighted by Gasteiger charge is 2.48. The van der Waals surface area contributed by atoms with E-state index < -0.39 is 42.6 Å². The molecular formula is C55H65BrN6O15. The number of anilines is 2. The van der Waals surface area contributed by atoms with E-state index in [4.69, 9.17) is 30.1 Å². The molecule has 1 saturated heterocycles. The normalized spacial score (nSPS) is 16.9. The highest BCUT2D eigenvalue weighted by Crippen LogP contribution is 2.32. The SMILES string of the molecule is C#CCN(Cc1cc2c(=O)[nH]c(C)nc2cc1Br)c1ccc(C(=O)CCc2ccc[n+](Cc3ccc(O[C@@H]4O[C@H](C(=O)O)[C@@H](O)[C@H](O)[C@H]4O)c(NC(=O)CCNC(=O)CCOCCOCCOCCC(C)=O)c3)c2)cc1.[CH3-]. The van der Waals surface area contributed by atoms with Crippen molar-refractivity contribution in [1.29, 1.82) is 0 Å². The van der Waals surface area contributed by atoms with Crippen LogP contribution in [0.25, 0.3) is 10.9 Å². The number of fused-ring (bicyclic) bond motifs is 1. The molecule has 0 aliphatic carbocycles. The first-order valence-corrected chi connectivity index (χ1v) is 25.3. The van der Waals surface area contributed by atoms with Crippen molar-refractivity contribution in [1.82, 2.24) is 15.3 Å². The number of aliphatic hydroxyl groups excluding tert-OH is 3. The second kappa shape index (κ2) is 30.1. The van der Waals surface area contributed by atoms with Crippen molar-refractivity contribution in [3.8, 4) is 18.1 Å². The van der Waals surface area contributed by atoms with Gasteiger partial charge in [0.25, 0.3) is 5.56 Å². The number of carbonyl (C=O) groups is 5. The Hall–Kier alpha value is -6.94. The Balaban J connectivity index is 0.0000109. The molecule has 1 aliphatic heterocycles. The Kier molecular flexibility index (Phi) is 23.8. The molecule has 6 rings (SSSR count). The van der Waals surface area contributed by atoms with E-state index in [2.05, 4.69) is 42.5 Å². The first-order valence-electron chi connectivity index (χ1n) is 24.5. The monoisotopic (exact) mass is 1130 g/mol. The van der Waals surface area contributed by atoms with Gasteiger partial charge in [-0.2, -0.15) is 0 Å². The van der Waals surface area contributed by atoms with E-state index in [9.17, 15) is 49.2 Å². The van der Waals surface area contributed by atoms with Crippen LogP contribution in [0.15, 0.2) is 88.4 Å². The number of aromatic amines is 1. The van der Waals surface area contributed by atoms with E-state index in [0.29, 0.717) is 73.7 Å². The van der Waals surface area contributed by atoms with Crippen LogP contribution >= 0.6 is 15.9 Å². The number of halogens is 1. The molecule has 1 aliphatic rings. The van der Waals surface area contributed by atoms with Gasteiger partial charge in [0.2, 0.25) is 18.1 Å². The minimum atomic E-state index is -1.95. The maximum absolute atomic E-state index is 13.5. The number of aliphatic hydroxyl groups is 3. The van der Waals surface area contributed by atoms with Crippen LogP contribution in [-0.4, -0.2) is 143 Å². The number of terminal acetylenes is 1. The number of pyridine rings is 1. The fourth-order valence-electron chi connectivity index (χ4n) is 7.98. The van der Waals surface area contributed by atoms with Crippen molar-refractivity contribution in [2.24, 2.45) is 0 Å². The molecule has 0 radical (unpaired) electrons. The van der Waals surface area contributed by atoms with Crippen molar-refractivity contribution < 1.29 is 72.7 Å². The number of aryl methyl sites for hydroxylation is 2. The highest BCUT2D eigenvalue weighted by molar-refractivity contribution is 9.10. The van der Waals surface area contributed by atoms with E-state index >= 15 is 0 Å². The topological polar surface area (TPSA) is 289 Å². The van der Waals surface area contributed by atoms with E-state index in [0.717, 1.165) is 21.3 Å². The van der Waals surface area contributed by atoms with Crippen molar-refractivity contribution in [2.75, 3.05) is 62.9 Å². The summed E-state index contributed by atoms with van der Waals surface area (Å²) >= 11 is 3.62. The summed E-state index contributed by atoms with van der Waals surface area (Å²) in [6.45, 7) is 5.80. The van der Waals surface area contributed by atoms with Gasteiger partial charge in [-0.3, -0.25) is 24.0 Å². The number of hydrogen-bond donors (Lipinski definition) is 7. The number of rotatable bonds is 29. The van der Waals surface area contributed by atoms with Crippen molar-refractivity contribution >= 4 is 67.6 Å². The molecule has 0 bridgehead atoms. The zero-order chi connectivity index (χ0) is 54.7. The highest BCUT2D eigenvalue weighted by atomic mass is 79.9. The number of Topliss-reactive ketones (excluding diaryl/α,β-unsaturated/α-hetero) is 2. The number of aliphatic carboxylic acids is 1. The Labute approximate surface area is 454 Å². The van der Waals surface area contributed by atoms with Crippen LogP contribution in [0.3, 0.4) is 0 Å². The number of carboxylic acid groups (broad SMARTS) is 1. The van der Waals surface area contributed by atoms with Crippen LogP contribution in [0.5, 0.6) is 5.75 Å². The van der Waals surface area contributed by atoms with Gasteiger partial charge in [-0.15, -0.1) is 6.42 Å². The third kappa shape index (κ3) is 18.4. The summed E-state index contributed by atoms with van der Waals surface area (Å²) in [5.41, 5.74) is 4.10. The lowest BCUT2D eigenvalue weighted by molar-refractivity contribution is -0.688. The molecule has 3 aromatic carbocycles. The van der Waals surface area contributed by atoms with Crippen LogP contribution in [-0.2, 0) is 57.6 Å². The maximum Gasteiger partial charge on any atom is 0.335 e. The standard InChI is InChI=1S/C54H61BrN6O15.CH3/c1-4-19-61(32-38-28-40-42(29-41(38)55)57-34(3)58-52(40)69)39-11-9-37(10-12-39)44(63)13-7-35-6-5-20-60(30-35)31-36-8-14-45(75-54-50(68)48(66)49(67)51(76-54)53(70)71)43(27-36)59-47(65)15-18-56-46(64)17-22-73-24-26-74-25-23-72-21-16-33(2)62;/h1,5-6,8-12,14,20,27-30,48-51,54,66-68H,7,13,15-19,21-26,31-32H2,2-3H3,(H3-,56,57,58,59,64,65,69,70,71);1H3/q;-1/p+1/t48-,49-,50+,51-,54+;/m0./s1. The molecule has 2 aromatic heterocycles. The number of H-pyrrole nitrogens is 1. The lowest BCUT2D eigenvalue weighted by Crippen LogP contribution is -2.61. The summed E-state index contributed by atoms with van der Waals surface area (Å²) < 4.78 is 30.0. The number of benzene rings is 3. The first-order chi connectivity index (χ1) is 36.5. The number of carbonyl (C=O) groups excluding carboxylic acids is 4. The third-order valence-electron chi connectivity index (χ3n) is 12.0. The van der Waals surface area contributed by atoms with Crippen LogP contribution in [0.1, 0.15) is 65.5 Å². The van der Waals surface area contributed by atoms with E-state index in [-0.39, 0.29) is 94.0 Å². The number of hydrogen-bond acceptors (Lipinski definition) is 16. The minimum absolute atomic E-state index is 0. The van der Waals surface area contributed by atoms with Crippen molar-refractivity contribution in [3.05, 3.63) is 129 Å². The molecule has 7 N–H and O–H groups in total. The molecule has 22 heteroatoms. The van der Waals surface area contributed by atoms with Gasteiger partial charge in [0.05, 0.1) is 62.8 Å².